The van der Waals surface area contributed by atoms with Crippen molar-refractivity contribution in [1.82, 2.24) is 19.3 Å². The molecular weight excluding hydrogens is 312 g/mol. The Morgan fingerprint density at radius 1 is 1.16 bits per heavy atom. The number of likely N-dealkylation sites (tertiary alicyclic amines) is 1. The first-order chi connectivity index (χ1) is 12.2. The van der Waals surface area contributed by atoms with Crippen molar-refractivity contribution in [3.8, 4) is 0 Å². The highest BCUT2D eigenvalue weighted by Gasteiger charge is 2.38. The predicted molar refractivity (Wildman–Crippen MR) is 96.6 cm³/mol. The number of hydrogen-bond acceptors (Lipinski definition) is 3. The Labute approximate surface area is 147 Å². The van der Waals surface area contributed by atoms with Gasteiger partial charge in [-0.2, -0.15) is 0 Å². The maximum Gasteiger partial charge on any atom is 0.276 e. The summed E-state index contributed by atoms with van der Waals surface area (Å²) in [6, 6.07) is 8.90. The van der Waals surface area contributed by atoms with Crippen molar-refractivity contribution >= 4 is 11.6 Å². The van der Waals surface area contributed by atoms with Crippen molar-refractivity contribution in [1.29, 1.82) is 0 Å². The summed E-state index contributed by atoms with van der Waals surface area (Å²) in [5.74, 6) is 0.368. The molecule has 0 N–H and O–H groups in total. The Morgan fingerprint density at radius 3 is 2.60 bits per heavy atom. The lowest BCUT2D eigenvalue weighted by Gasteiger charge is -2.27. The van der Waals surface area contributed by atoms with E-state index >= 15 is 0 Å². The number of nitrogens with zero attached hydrogens (tertiary/aromatic N) is 4. The smallest absolute Gasteiger partial charge is 0.276 e. The van der Waals surface area contributed by atoms with Crippen molar-refractivity contribution in [3.63, 3.8) is 0 Å². The van der Waals surface area contributed by atoms with E-state index in [0.717, 1.165) is 19.4 Å². The lowest BCUT2D eigenvalue weighted by molar-refractivity contribution is 0.0722. The van der Waals surface area contributed by atoms with Gasteiger partial charge in [0.1, 0.15) is 0 Å². The molecule has 0 bridgehead atoms. The first kappa shape index (κ1) is 15.8. The zero-order chi connectivity index (χ0) is 17.4. The van der Waals surface area contributed by atoms with Crippen LogP contribution in [0.1, 0.15) is 47.3 Å². The molecule has 0 saturated carbocycles. The van der Waals surface area contributed by atoms with Gasteiger partial charge in [-0.15, -0.1) is 0 Å². The molecular formula is C20H22N4O. The Balaban J connectivity index is 1.65. The molecule has 128 valence electrons. The van der Waals surface area contributed by atoms with Gasteiger partial charge < -0.3 is 9.30 Å². The fraction of sp³-hybridized carbons (Fsp3) is 0.350. The third kappa shape index (κ3) is 2.69. The number of benzene rings is 1. The molecule has 2 atom stereocenters. The molecule has 3 heterocycles. The van der Waals surface area contributed by atoms with E-state index in [1.54, 1.807) is 12.4 Å². The number of fused-ring (bicyclic) bond motifs is 1. The lowest BCUT2D eigenvalue weighted by Crippen LogP contribution is -2.37. The SMILES string of the molecule is CC[C@H]1[C@H](c2ccc(C)cc2)CCN1C(=O)c1nccn2ccnc12. The van der Waals surface area contributed by atoms with E-state index in [-0.39, 0.29) is 11.9 Å². The number of aryl methyl sites for hydroxylation is 1. The van der Waals surface area contributed by atoms with Crippen molar-refractivity contribution < 1.29 is 4.79 Å². The summed E-state index contributed by atoms with van der Waals surface area (Å²) in [6.45, 7) is 5.02. The molecule has 2 aromatic heterocycles. The molecule has 0 unspecified atom stereocenters. The molecule has 5 nitrogen and oxygen atoms in total. The molecule has 5 heteroatoms. The van der Waals surface area contributed by atoms with Crippen LogP contribution in [0, 0.1) is 6.92 Å². The second-order valence-electron chi connectivity index (χ2n) is 6.71. The van der Waals surface area contributed by atoms with Crippen LogP contribution in [0.25, 0.3) is 5.65 Å². The Bertz CT molecular complexity index is 899. The number of amides is 1. The number of carbonyl (C=O) groups is 1. The number of carbonyl (C=O) groups excluding carboxylic acids is 1. The summed E-state index contributed by atoms with van der Waals surface area (Å²) in [5, 5.41) is 0. The van der Waals surface area contributed by atoms with Crippen LogP contribution in [-0.2, 0) is 0 Å². The average molecular weight is 334 g/mol. The molecule has 1 aliphatic heterocycles. The van der Waals surface area contributed by atoms with Crippen LogP contribution < -0.4 is 0 Å². The summed E-state index contributed by atoms with van der Waals surface area (Å²) in [4.78, 5) is 23.8. The van der Waals surface area contributed by atoms with Gasteiger partial charge in [-0.3, -0.25) is 4.79 Å². The minimum atomic E-state index is -0.0155. The molecule has 1 amide bonds. The maximum atomic E-state index is 13.2. The van der Waals surface area contributed by atoms with Crippen molar-refractivity contribution in [3.05, 3.63) is 65.9 Å². The van der Waals surface area contributed by atoms with Crippen LogP contribution in [-0.4, -0.2) is 37.8 Å². The topological polar surface area (TPSA) is 50.5 Å². The van der Waals surface area contributed by atoms with Crippen LogP contribution in [0.5, 0.6) is 0 Å². The Kier molecular flexibility index (Phi) is 3.99. The summed E-state index contributed by atoms with van der Waals surface area (Å²) < 4.78 is 1.84. The first-order valence-electron chi connectivity index (χ1n) is 8.84. The van der Waals surface area contributed by atoms with Crippen LogP contribution in [0.2, 0.25) is 0 Å². The van der Waals surface area contributed by atoms with E-state index in [4.69, 9.17) is 0 Å². The molecule has 1 fully saturated rings. The lowest BCUT2D eigenvalue weighted by atomic mass is 9.90. The molecule has 0 spiro atoms. The summed E-state index contributed by atoms with van der Waals surface area (Å²) in [6.07, 6.45) is 8.94. The van der Waals surface area contributed by atoms with Crippen LogP contribution in [0.4, 0.5) is 0 Å². The third-order valence-corrected chi connectivity index (χ3v) is 5.24. The van der Waals surface area contributed by atoms with Gasteiger partial charge in [0.2, 0.25) is 0 Å². The second-order valence-corrected chi connectivity index (χ2v) is 6.71. The molecule has 0 radical (unpaired) electrons. The van der Waals surface area contributed by atoms with E-state index in [1.807, 2.05) is 21.7 Å². The first-order valence-corrected chi connectivity index (χ1v) is 8.84. The van der Waals surface area contributed by atoms with E-state index in [1.165, 1.54) is 11.1 Å². The van der Waals surface area contributed by atoms with Gasteiger partial charge in [0.05, 0.1) is 0 Å². The average Bonchev–Trinajstić information content (AvgIpc) is 3.28. The Hall–Kier alpha value is -2.69. The highest BCUT2D eigenvalue weighted by molar-refractivity contribution is 5.98. The van der Waals surface area contributed by atoms with Crippen LogP contribution >= 0.6 is 0 Å². The summed E-state index contributed by atoms with van der Waals surface area (Å²) in [7, 11) is 0. The maximum absolute atomic E-state index is 13.2. The molecule has 1 aliphatic rings. The quantitative estimate of drug-likeness (QED) is 0.737. The van der Waals surface area contributed by atoms with Crippen LogP contribution in [0.15, 0.2) is 49.1 Å². The molecule has 4 rings (SSSR count). The van der Waals surface area contributed by atoms with Gasteiger partial charge in [-0.05, 0) is 25.3 Å². The molecule has 1 saturated heterocycles. The predicted octanol–water partition coefficient (Wildman–Crippen LogP) is 3.45. The monoisotopic (exact) mass is 334 g/mol. The number of rotatable bonds is 3. The third-order valence-electron chi connectivity index (χ3n) is 5.24. The number of hydrogen-bond donors (Lipinski definition) is 0. The van der Waals surface area contributed by atoms with E-state index in [9.17, 15) is 4.79 Å². The van der Waals surface area contributed by atoms with E-state index < -0.39 is 0 Å². The van der Waals surface area contributed by atoms with Crippen molar-refractivity contribution in [2.45, 2.75) is 38.6 Å². The van der Waals surface area contributed by atoms with Gasteiger partial charge in [-0.1, -0.05) is 36.8 Å². The summed E-state index contributed by atoms with van der Waals surface area (Å²) in [5.41, 5.74) is 3.65. The van der Waals surface area contributed by atoms with E-state index in [0.29, 0.717) is 17.3 Å². The van der Waals surface area contributed by atoms with E-state index in [2.05, 4.69) is 48.1 Å². The fourth-order valence-electron chi connectivity index (χ4n) is 3.95. The highest BCUT2D eigenvalue weighted by atomic mass is 16.2. The molecule has 1 aromatic carbocycles. The second kappa shape index (κ2) is 6.31. The van der Waals surface area contributed by atoms with Gasteiger partial charge in [0.25, 0.3) is 5.91 Å². The standard InChI is InChI=1S/C20H22N4O/c1-3-17-16(15-6-4-14(2)5-7-15)8-11-24(17)20(25)18-19-22-10-13-23(19)12-9-21-18/h4-7,9-10,12-13,16-17H,3,8,11H2,1-2H3/t16-,17-/m0/s1. The zero-order valence-electron chi connectivity index (χ0n) is 14.6. The normalized spacial score (nSPS) is 20.3. The fourth-order valence-corrected chi connectivity index (χ4v) is 3.95. The summed E-state index contributed by atoms with van der Waals surface area (Å²) >= 11 is 0. The minimum absolute atomic E-state index is 0.0155. The number of imidazole rings is 1. The van der Waals surface area contributed by atoms with Crippen LogP contribution in [0.3, 0.4) is 0 Å². The zero-order valence-corrected chi connectivity index (χ0v) is 14.6. The molecule has 25 heavy (non-hydrogen) atoms. The molecule has 0 aliphatic carbocycles. The Morgan fingerprint density at radius 2 is 1.88 bits per heavy atom. The molecule has 3 aromatic rings. The van der Waals surface area contributed by atoms with Gasteiger partial charge in [0.15, 0.2) is 11.3 Å². The van der Waals surface area contributed by atoms with Gasteiger partial charge in [0, 0.05) is 43.3 Å². The van der Waals surface area contributed by atoms with Crippen molar-refractivity contribution in [2.24, 2.45) is 0 Å². The van der Waals surface area contributed by atoms with Crippen molar-refractivity contribution in [2.75, 3.05) is 6.54 Å². The number of aromatic nitrogens is 3. The largest absolute Gasteiger partial charge is 0.334 e. The minimum Gasteiger partial charge on any atom is -0.334 e. The highest BCUT2D eigenvalue weighted by Crippen LogP contribution is 2.36. The van der Waals surface area contributed by atoms with Gasteiger partial charge >= 0.3 is 0 Å². The van der Waals surface area contributed by atoms with Gasteiger partial charge in [-0.25, -0.2) is 9.97 Å².